The van der Waals surface area contributed by atoms with Crippen molar-refractivity contribution < 1.29 is 59.1 Å². The highest BCUT2D eigenvalue weighted by Gasteiger charge is 2.74. The SMILES string of the molecule is COC(=O)C1=CO[C@@H](O[C@@H]2O[C@H](CO)[C@@H](O)[C@H](O)[C@H]2O)[C@H]2[C@@H]1[C@@H]1O[C@@H]1[C@]2(O)CO. The number of ether oxygens (including phenoxy) is 5. The Morgan fingerprint density at radius 3 is 2.48 bits per heavy atom. The summed E-state index contributed by atoms with van der Waals surface area (Å²) in [5, 5.41) is 60.1. The van der Waals surface area contributed by atoms with E-state index >= 15 is 0 Å². The summed E-state index contributed by atoms with van der Waals surface area (Å²) in [6.45, 7) is -1.35. The van der Waals surface area contributed by atoms with E-state index < -0.39 is 85.8 Å². The molecule has 1 aliphatic carbocycles. The van der Waals surface area contributed by atoms with Crippen LogP contribution in [0.4, 0.5) is 0 Å². The Morgan fingerprint density at radius 1 is 1.14 bits per heavy atom. The lowest BCUT2D eigenvalue weighted by atomic mass is 9.79. The van der Waals surface area contributed by atoms with Crippen LogP contribution in [0.1, 0.15) is 0 Å². The molecule has 4 rings (SSSR count). The van der Waals surface area contributed by atoms with Gasteiger partial charge in [0, 0.05) is 5.92 Å². The van der Waals surface area contributed by atoms with Crippen LogP contribution in [-0.4, -0.2) is 112 Å². The predicted molar refractivity (Wildman–Crippen MR) is 87.5 cm³/mol. The van der Waals surface area contributed by atoms with Crippen molar-refractivity contribution >= 4 is 5.97 Å². The maximum atomic E-state index is 12.1. The number of carbonyl (C=O) groups is 1. The molecule has 4 aliphatic rings. The second-order valence-corrected chi connectivity index (χ2v) is 7.62. The quantitative estimate of drug-likeness (QED) is 0.187. The normalized spacial score (nSPS) is 50.8. The van der Waals surface area contributed by atoms with Gasteiger partial charge in [-0.05, 0) is 0 Å². The highest BCUT2D eigenvalue weighted by atomic mass is 16.8. The Kier molecular flexibility index (Phi) is 5.34. The van der Waals surface area contributed by atoms with Crippen molar-refractivity contribution in [3.8, 4) is 0 Å². The summed E-state index contributed by atoms with van der Waals surface area (Å²) >= 11 is 0. The lowest BCUT2D eigenvalue weighted by Gasteiger charge is -2.45. The first-order valence-electron chi connectivity index (χ1n) is 9.17. The van der Waals surface area contributed by atoms with E-state index in [0.717, 1.165) is 6.26 Å². The molecular weight excluding hydrogens is 396 g/mol. The zero-order chi connectivity index (χ0) is 21.1. The van der Waals surface area contributed by atoms with Crippen LogP contribution in [0.5, 0.6) is 0 Å². The van der Waals surface area contributed by atoms with Crippen LogP contribution < -0.4 is 0 Å². The molecule has 1 saturated carbocycles. The van der Waals surface area contributed by atoms with E-state index in [1.165, 1.54) is 7.11 Å². The fourth-order valence-corrected chi connectivity index (χ4v) is 4.51. The van der Waals surface area contributed by atoms with Crippen LogP contribution in [0.2, 0.25) is 0 Å². The second-order valence-electron chi connectivity index (χ2n) is 7.62. The number of epoxide rings is 1. The first kappa shape index (κ1) is 20.9. The highest BCUT2D eigenvalue weighted by Crippen LogP contribution is 2.58. The van der Waals surface area contributed by atoms with Gasteiger partial charge in [-0.1, -0.05) is 0 Å². The van der Waals surface area contributed by atoms with Gasteiger partial charge in [-0.3, -0.25) is 0 Å². The van der Waals surface area contributed by atoms with Crippen LogP contribution in [0.15, 0.2) is 11.8 Å². The van der Waals surface area contributed by atoms with Crippen molar-refractivity contribution in [2.75, 3.05) is 20.3 Å². The third-order valence-electron chi connectivity index (χ3n) is 6.11. The van der Waals surface area contributed by atoms with Gasteiger partial charge >= 0.3 is 5.97 Å². The lowest BCUT2D eigenvalue weighted by Crippen LogP contribution is -2.61. The Hall–Kier alpha value is -1.35. The van der Waals surface area contributed by atoms with Crippen LogP contribution in [0, 0.1) is 11.8 Å². The van der Waals surface area contributed by atoms with Crippen LogP contribution >= 0.6 is 0 Å². The number of aliphatic hydroxyl groups is 6. The van der Waals surface area contributed by atoms with Crippen molar-refractivity contribution in [2.45, 2.75) is 54.8 Å². The first-order chi connectivity index (χ1) is 13.8. The molecule has 0 aromatic heterocycles. The smallest absolute Gasteiger partial charge is 0.337 e. The van der Waals surface area contributed by atoms with Crippen LogP contribution in [0.3, 0.4) is 0 Å². The van der Waals surface area contributed by atoms with E-state index in [0.29, 0.717) is 0 Å². The molecule has 6 N–H and O–H groups in total. The third kappa shape index (κ3) is 3.07. The van der Waals surface area contributed by atoms with Crippen molar-refractivity contribution in [2.24, 2.45) is 11.8 Å². The number of hydrogen-bond donors (Lipinski definition) is 6. The Balaban J connectivity index is 1.61. The van der Waals surface area contributed by atoms with Crippen LogP contribution in [0.25, 0.3) is 0 Å². The molecule has 12 heteroatoms. The molecule has 0 amide bonds. The van der Waals surface area contributed by atoms with E-state index in [9.17, 15) is 35.4 Å². The highest BCUT2D eigenvalue weighted by molar-refractivity contribution is 5.89. The molecule has 0 bridgehead atoms. The number of esters is 1. The van der Waals surface area contributed by atoms with E-state index in [-0.39, 0.29) is 5.57 Å². The topological polar surface area (TPSA) is 188 Å². The summed E-state index contributed by atoms with van der Waals surface area (Å²) in [4.78, 5) is 12.1. The maximum absolute atomic E-state index is 12.1. The van der Waals surface area contributed by atoms with Gasteiger partial charge in [0.15, 0.2) is 6.29 Å². The molecule has 2 saturated heterocycles. The molecule has 29 heavy (non-hydrogen) atoms. The van der Waals surface area contributed by atoms with Gasteiger partial charge in [0.1, 0.15) is 36.1 Å². The third-order valence-corrected chi connectivity index (χ3v) is 6.11. The van der Waals surface area contributed by atoms with E-state index in [2.05, 4.69) is 0 Å². The first-order valence-corrected chi connectivity index (χ1v) is 9.17. The Bertz CT molecular complexity index is 681. The van der Waals surface area contributed by atoms with Crippen molar-refractivity contribution in [3.05, 3.63) is 11.8 Å². The minimum atomic E-state index is -1.80. The minimum absolute atomic E-state index is 0.100. The van der Waals surface area contributed by atoms with Crippen molar-refractivity contribution in [1.29, 1.82) is 0 Å². The summed E-state index contributed by atoms with van der Waals surface area (Å²) in [6, 6.07) is 0. The zero-order valence-corrected chi connectivity index (χ0v) is 15.4. The summed E-state index contributed by atoms with van der Waals surface area (Å²) in [7, 11) is 1.19. The number of methoxy groups -OCH3 is 1. The summed E-state index contributed by atoms with van der Waals surface area (Å²) in [5.74, 6) is -2.39. The summed E-state index contributed by atoms with van der Waals surface area (Å²) < 4.78 is 26.6. The molecule has 164 valence electrons. The zero-order valence-electron chi connectivity index (χ0n) is 15.4. The van der Waals surface area contributed by atoms with Gasteiger partial charge in [-0.15, -0.1) is 0 Å². The molecule has 11 atom stereocenters. The molecule has 0 aromatic carbocycles. The summed E-state index contributed by atoms with van der Waals surface area (Å²) in [5.41, 5.74) is -1.70. The van der Waals surface area contributed by atoms with Crippen molar-refractivity contribution in [3.63, 3.8) is 0 Å². The van der Waals surface area contributed by atoms with Crippen LogP contribution in [-0.2, 0) is 28.5 Å². The van der Waals surface area contributed by atoms with Gasteiger partial charge in [0.05, 0.1) is 44.2 Å². The number of rotatable bonds is 5. The molecule has 3 fully saturated rings. The maximum Gasteiger partial charge on any atom is 0.337 e. The molecule has 0 unspecified atom stereocenters. The van der Waals surface area contributed by atoms with E-state index in [1.54, 1.807) is 0 Å². The largest absolute Gasteiger partial charge is 0.471 e. The summed E-state index contributed by atoms with van der Waals surface area (Å²) in [6.07, 6.45) is -9.15. The van der Waals surface area contributed by atoms with Crippen molar-refractivity contribution in [1.82, 2.24) is 0 Å². The fourth-order valence-electron chi connectivity index (χ4n) is 4.51. The predicted octanol–water partition coefficient (Wildman–Crippen LogP) is -4.05. The Morgan fingerprint density at radius 2 is 1.86 bits per heavy atom. The monoisotopic (exact) mass is 420 g/mol. The average molecular weight is 420 g/mol. The van der Waals surface area contributed by atoms with E-state index in [1.807, 2.05) is 0 Å². The molecule has 12 nitrogen and oxygen atoms in total. The van der Waals surface area contributed by atoms with Gasteiger partial charge in [-0.2, -0.15) is 0 Å². The van der Waals surface area contributed by atoms with Gasteiger partial charge in [0.2, 0.25) is 6.29 Å². The second kappa shape index (κ2) is 7.41. The van der Waals surface area contributed by atoms with Gasteiger partial charge in [-0.25, -0.2) is 4.79 Å². The molecular formula is C17H24O12. The van der Waals surface area contributed by atoms with Gasteiger partial charge in [0.25, 0.3) is 0 Å². The number of carbonyl (C=O) groups excluding carboxylic acids is 1. The molecule has 0 radical (unpaired) electrons. The number of aliphatic hydroxyl groups excluding tert-OH is 5. The van der Waals surface area contributed by atoms with E-state index in [4.69, 9.17) is 23.7 Å². The average Bonchev–Trinajstić information content (AvgIpc) is 3.49. The lowest BCUT2D eigenvalue weighted by molar-refractivity contribution is -0.349. The molecule has 3 heterocycles. The number of fused-ring (bicyclic) bond motifs is 3. The Labute approximate surface area is 164 Å². The number of hydrogen-bond acceptors (Lipinski definition) is 12. The molecule has 0 spiro atoms. The molecule has 0 aromatic rings. The minimum Gasteiger partial charge on any atom is -0.471 e. The molecule has 3 aliphatic heterocycles. The standard InChI is InChI=1S/C17H24O12/c1-25-14(23)5-3-26-15(8-7(5)12-13(28-12)17(8,24)4-19)29-16-11(22)10(21)9(20)6(2-18)27-16/h3,6-13,15-16,18-22,24H,2,4H2,1H3/t6-,7-,8-,9-,10+,11-,12+,13+,15+,16+,17+/m1/s1. The van der Waals surface area contributed by atoms with Gasteiger partial charge < -0.3 is 54.3 Å². The fraction of sp³-hybridized carbons (Fsp3) is 0.824.